The molecule has 0 spiro atoms. The summed E-state index contributed by atoms with van der Waals surface area (Å²) >= 11 is 0. The first-order valence-corrected chi connectivity index (χ1v) is 9.62. The van der Waals surface area contributed by atoms with Gasteiger partial charge < -0.3 is 4.74 Å². The van der Waals surface area contributed by atoms with Gasteiger partial charge in [0.05, 0.1) is 18.4 Å². The van der Waals surface area contributed by atoms with Crippen LogP contribution in [0.4, 0.5) is 0 Å². The molecule has 5 rings (SSSR count). The van der Waals surface area contributed by atoms with E-state index in [1.807, 2.05) is 36.4 Å². The maximum atomic E-state index is 12.9. The Hall–Kier alpha value is -3.54. The van der Waals surface area contributed by atoms with Gasteiger partial charge in [0.15, 0.2) is 11.6 Å². The number of benzene rings is 2. The maximum Gasteiger partial charge on any atom is 0.252 e. The minimum Gasteiger partial charge on any atom is -0.497 e. The Labute approximate surface area is 168 Å². The number of carbonyl (C=O) groups excluding carboxylic acids is 1. The van der Waals surface area contributed by atoms with E-state index in [4.69, 9.17) is 4.74 Å². The lowest BCUT2D eigenvalue weighted by atomic mass is 9.80. The number of aryl methyl sites for hydroxylation is 1. The molecule has 2 heterocycles. The predicted molar refractivity (Wildman–Crippen MR) is 109 cm³/mol. The predicted octanol–water partition coefficient (Wildman–Crippen LogP) is 4.02. The molecule has 6 heteroatoms. The van der Waals surface area contributed by atoms with E-state index in [2.05, 4.69) is 34.1 Å². The highest BCUT2D eigenvalue weighted by Gasteiger charge is 2.30. The number of nitrogens with zero attached hydrogens (tertiary/aromatic N) is 4. The van der Waals surface area contributed by atoms with Gasteiger partial charge in [-0.3, -0.25) is 4.79 Å². The number of ketones is 1. The van der Waals surface area contributed by atoms with Crippen molar-refractivity contribution in [3.63, 3.8) is 0 Å². The highest BCUT2D eigenvalue weighted by atomic mass is 16.5. The number of hydrogen-bond donors (Lipinski definition) is 0. The third-order valence-corrected chi connectivity index (χ3v) is 5.61. The number of Topliss-reactive ketones (excluding diaryl/α,β-unsaturated/α-hetero) is 1. The summed E-state index contributed by atoms with van der Waals surface area (Å²) in [5.41, 5.74) is 4.83. The molecule has 4 aromatic rings. The third-order valence-electron chi connectivity index (χ3n) is 5.61. The summed E-state index contributed by atoms with van der Waals surface area (Å²) in [6, 6.07) is 15.8. The van der Waals surface area contributed by atoms with E-state index in [9.17, 15) is 4.79 Å². The van der Waals surface area contributed by atoms with Crippen LogP contribution in [0.2, 0.25) is 0 Å². The Bertz CT molecular complexity index is 1230. The first-order chi connectivity index (χ1) is 14.1. The van der Waals surface area contributed by atoms with Gasteiger partial charge in [0.1, 0.15) is 5.75 Å². The Morgan fingerprint density at radius 3 is 2.62 bits per heavy atom. The minimum atomic E-state index is 0.107. The van der Waals surface area contributed by atoms with Crippen LogP contribution in [0.25, 0.3) is 17.2 Å². The van der Waals surface area contributed by atoms with Crippen LogP contribution in [0.5, 0.6) is 5.75 Å². The maximum absolute atomic E-state index is 12.9. The van der Waals surface area contributed by atoms with Gasteiger partial charge in [-0.15, -0.1) is 5.10 Å². The summed E-state index contributed by atoms with van der Waals surface area (Å²) in [6.07, 6.45) is 2.87. The van der Waals surface area contributed by atoms with E-state index in [-0.39, 0.29) is 11.7 Å². The highest BCUT2D eigenvalue weighted by Crippen LogP contribution is 2.34. The van der Waals surface area contributed by atoms with Crippen molar-refractivity contribution in [3.05, 3.63) is 77.1 Å². The van der Waals surface area contributed by atoms with Gasteiger partial charge in [0, 0.05) is 18.2 Å². The molecule has 0 radical (unpaired) electrons. The van der Waals surface area contributed by atoms with E-state index >= 15 is 0 Å². The summed E-state index contributed by atoms with van der Waals surface area (Å²) in [7, 11) is 1.64. The molecule has 1 unspecified atom stereocenters. The van der Waals surface area contributed by atoms with E-state index in [0.717, 1.165) is 23.4 Å². The number of hydrogen-bond acceptors (Lipinski definition) is 5. The lowest BCUT2D eigenvalue weighted by molar-refractivity contribution is 0.0962. The van der Waals surface area contributed by atoms with Gasteiger partial charge in [-0.25, -0.2) is 4.98 Å². The number of ether oxygens (including phenoxy) is 1. The Kier molecular flexibility index (Phi) is 4.12. The Morgan fingerprint density at radius 1 is 1.07 bits per heavy atom. The van der Waals surface area contributed by atoms with Crippen LogP contribution >= 0.6 is 0 Å². The van der Waals surface area contributed by atoms with Crippen molar-refractivity contribution in [1.82, 2.24) is 19.6 Å². The summed E-state index contributed by atoms with van der Waals surface area (Å²) in [4.78, 5) is 21.8. The largest absolute Gasteiger partial charge is 0.497 e. The third kappa shape index (κ3) is 2.97. The molecular weight excluding hydrogens is 364 g/mol. The fourth-order valence-corrected chi connectivity index (χ4v) is 4.08. The number of rotatable bonds is 3. The molecule has 0 saturated carbocycles. The van der Waals surface area contributed by atoms with Gasteiger partial charge in [0.2, 0.25) is 0 Å². The minimum absolute atomic E-state index is 0.107. The van der Waals surface area contributed by atoms with Crippen molar-refractivity contribution >= 4 is 11.6 Å². The van der Waals surface area contributed by atoms with Crippen LogP contribution in [-0.2, 0) is 6.42 Å². The topological polar surface area (TPSA) is 69.4 Å². The fraction of sp³-hybridized carbons (Fsp3) is 0.217. The second-order valence-electron chi connectivity index (χ2n) is 7.38. The summed E-state index contributed by atoms with van der Waals surface area (Å²) in [5.74, 6) is 2.11. The summed E-state index contributed by atoms with van der Waals surface area (Å²) in [5, 5.41) is 4.69. The van der Waals surface area contributed by atoms with Crippen LogP contribution in [0, 0.1) is 6.92 Å². The van der Waals surface area contributed by atoms with Gasteiger partial charge in [-0.05, 0) is 54.7 Å². The number of fused-ring (bicyclic) bond motifs is 3. The zero-order valence-corrected chi connectivity index (χ0v) is 16.3. The van der Waals surface area contributed by atoms with Crippen molar-refractivity contribution < 1.29 is 9.53 Å². The SMILES string of the molecule is COc1ccc(-c2nc3ncc4c(n3n2)CC(c2ccccc2C)CC4=O)cc1. The Balaban J connectivity index is 1.59. The van der Waals surface area contributed by atoms with Crippen LogP contribution in [0.15, 0.2) is 54.7 Å². The molecule has 0 fully saturated rings. The molecule has 0 N–H and O–H groups in total. The van der Waals surface area contributed by atoms with Crippen molar-refractivity contribution in [2.75, 3.05) is 7.11 Å². The molecule has 0 aliphatic heterocycles. The molecule has 0 bridgehead atoms. The smallest absolute Gasteiger partial charge is 0.252 e. The zero-order chi connectivity index (χ0) is 20.0. The molecule has 0 amide bonds. The van der Waals surface area contributed by atoms with Gasteiger partial charge in [-0.1, -0.05) is 24.3 Å². The normalized spacial score (nSPS) is 16.1. The molecule has 1 aliphatic rings. The number of methoxy groups -OCH3 is 1. The fourth-order valence-electron chi connectivity index (χ4n) is 4.08. The second-order valence-corrected chi connectivity index (χ2v) is 7.38. The molecule has 144 valence electrons. The number of carbonyl (C=O) groups is 1. The monoisotopic (exact) mass is 384 g/mol. The van der Waals surface area contributed by atoms with E-state index in [1.54, 1.807) is 17.8 Å². The summed E-state index contributed by atoms with van der Waals surface area (Å²) in [6.45, 7) is 2.09. The molecule has 1 aliphatic carbocycles. The Morgan fingerprint density at radius 2 is 1.86 bits per heavy atom. The second kappa shape index (κ2) is 6.81. The lowest BCUT2D eigenvalue weighted by Gasteiger charge is -2.25. The quantitative estimate of drug-likeness (QED) is 0.534. The molecule has 29 heavy (non-hydrogen) atoms. The van der Waals surface area contributed by atoms with Crippen LogP contribution in [0.3, 0.4) is 0 Å². The molecule has 6 nitrogen and oxygen atoms in total. The molecule has 2 aromatic carbocycles. The van der Waals surface area contributed by atoms with Gasteiger partial charge in [0.25, 0.3) is 5.78 Å². The van der Waals surface area contributed by atoms with Crippen molar-refractivity contribution in [1.29, 1.82) is 0 Å². The van der Waals surface area contributed by atoms with Gasteiger partial charge >= 0.3 is 0 Å². The molecular formula is C23H20N4O2. The van der Waals surface area contributed by atoms with Crippen LogP contribution in [0.1, 0.15) is 39.5 Å². The molecule has 0 saturated heterocycles. The first-order valence-electron chi connectivity index (χ1n) is 9.62. The van der Waals surface area contributed by atoms with Gasteiger partial charge in [-0.2, -0.15) is 9.50 Å². The standard InChI is InChI=1S/C23H20N4O2/c1-14-5-3-4-6-18(14)16-11-20-19(21(28)12-16)13-24-23-25-22(26-27(20)23)15-7-9-17(29-2)10-8-15/h3-10,13,16H,11-12H2,1-2H3. The average molecular weight is 384 g/mol. The number of aromatic nitrogens is 4. The first kappa shape index (κ1) is 17.6. The zero-order valence-electron chi connectivity index (χ0n) is 16.3. The van der Waals surface area contributed by atoms with Crippen LogP contribution < -0.4 is 4.74 Å². The molecule has 2 aromatic heterocycles. The van der Waals surface area contributed by atoms with Crippen molar-refractivity contribution in [2.24, 2.45) is 0 Å². The molecule has 1 atom stereocenters. The average Bonchev–Trinajstić information content (AvgIpc) is 3.19. The lowest BCUT2D eigenvalue weighted by Crippen LogP contribution is -2.23. The van der Waals surface area contributed by atoms with Crippen molar-refractivity contribution in [3.8, 4) is 17.1 Å². The van der Waals surface area contributed by atoms with Crippen LogP contribution in [-0.4, -0.2) is 32.5 Å². The van der Waals surface area contributed by atoms with Crippen molar-refractivity contribution in [2.45, 2.75) is 25.7 Å². The van der Waals surface area contributed by atoms with E-state index in [0.29, 0.717) is 23.6 Å². The highest BCUT2D eigenvalue weighted by molar-refractivity contribution is 5.98. The van der Waals surface area contributed by atoms with E-state index in [1.165, 1.54) is 11.1 Å². The summed E-state index contributed by atoms with van der Waals surface area (Å²) < 4.78 is 6.95. The van der Waals surface area contributed by atoms with E-state index < -0.39 is 0 Å².